The molecule has 1 aliphatic heterocycles. The number of rotatable bonds is 6. The van der Waals surface area contributed by atoms with Crippen molar-refractivity contribution in [2.24, 2.45) is 0 Å². The molecule has 1 fully saturated rings. The standard InChI is InChI=1S/C25H27N5O/c1-18(30-15-9-4-10-16-30)17-26-23-21-24(28-22(27-23)19-11-5-2-6-12-19)29-25(31-21)20-13-7-3-8-14-20/h2-3,5-8,11-14,18H,4,9-10,15-17H2,1H3,(H,26,27,28). The maximum atomic E-state index is 6.14. The lowest BCUT2D eigenvalue weighted by atomic mass is 10.1. The van der Waals surface area contributed by atoms with Crippen LogP contribution in [0.15, 0.2) is 65.1 Å². The Labute approximate surface area is 182 Å². The molecule has 6 nitrogen and oxygen atoms in total. The van der Waals surface area contributed by atoms with Crippen molar-refractivity contribution in [3.8, 4) is 22.8 Å². The van der Waals surface area contributed by atoms with Crippen molar-refractivity contribution in [3.63, 3.8) is 0 Å². The molecule has 1 N–H and O–H groups in total. The predicted octanol–water partition coefficient (Wildman–Crippen LogP) is 5.24. The van der Waals surface area contributed by atoms with Crippen molar-refractivity contribution < 1.29 is 4.42 Å². The molecular weight excluding hydrogens is 386 g/mol. The highest BCUT2D eigenvalue weighted by atomic mass is 16.3. The molecule has 0 bridgehead atoms. The summed E-state index contributed by atoms with van der Waals surface area (Å²) in [5, 5.41) is 3.53. The van der Waals surface area contributed by atoms with Crippen LogP contribution in [0.4, 0.5) is 5.82 Å². The van der Waals surface area contributed by atoms with E-state index < -0.39 is 0 Å². The van der Waals surface area contributed by atoms with E-state index in [9.17, 15) is 0 Å². The molecule has 31 heavy (non-hydrogen) atoms. The van der Waals surface area contributed by atoms with Crippen molar-refractivity contribution in [3.05, 3.63) is 60.7 Å². The summed E-state index contributed by atoms with van der Waals surface area (Å²) in [6, 6.07) is 20.3. The Morgan fingerprint density at radius 3 is 2.26 bits per heavy atom. The van der Waals surface area contributed by atoms with Crippen molar-refractivity contribution in [1.29, 1.82) is 0 Å². The van der Waals surface area contributed by atoms with Gasteiger partial charge in [-0.05, 0) is 45.0 Å². The smallest absolute Gasteiger partial charge is 0.229 e. The topological polar surface area (TPSA) is 67.1 Å². The van der Waals surface area contributed by atoms with Crippen LogP contribution in [0.3, 0.4) is 0 Å². The number of benzene rings is 2. The summed E-state index contributed by atoms with van der Waals surface area (Å²) in [6.45, 7) is 5.39. The third-order valence-electron chi connectivity index (χ3n) is 5.89. The molecule has 2 aromatic carbocycles. The van der Waals surface area contributed by atoms with Crippen LogP contribution in [0.2, 0.25) is 0 Å². The Hall–Kier alpha value is -3.25. The molecule has 158 valence electrons. The summed E-state index contributed by atoms with van der Waals surface area (Å²) in [5.74, 6) is 1.90. The van der Waals surface area contributed by atoms with Crippen LogP contribution in [0.5, 0.6) is 0 Å². The number of hydrogen-bond donors (Lipinski definition) is 1. The lowest BCUT2D eigenvalue weighted by molar-refractivity contribution is 0.180. The average molecular weight is 414 g/mol. The van der Waals surface area contributed by atoms with Gasteiger partial charge in [0.2, 0.25) is 17.1 Å². The number of likely N-dealkylation sites (tertiary alicyclic amines) is 1. The Bertz CT molecular complexity index is 1140. The normalized spacial score (nSPS) is 15.8. The van der Waals surface area contributed by atoms with Gasteiger partial charge in [-0.1, -0.05) is 55.0 Å². The fourth-order valence-electron chi connectivity index (χ4n) is 4.10. The molecule has 0 radical (unpaired) electrons. The van der Waals surface area contributed by atoms with E-state index in [1.807, 2.05) is 60.7 Å². The lowest BCUT2D eigenvalue weighted by Crippen LogP contribution is -2.41. The summed E-state index contributed by atoms with van der Waals surface area (Å²) >= 11 is 0. The average Bonchev–Trinajstić information content (AvgIpc) is 3.28. The third-order valence-corrected chi connectivity index (χ3v) is 5.89. The zero-order valence-corrected chi connectivity index (χ0v) is 17.8. The number of piperidine rings is 1. The number of hydrogen-bond acceptors (Lipinski definition) is 6. The molecule has 0 spiro atoms. The van der Waals surface area contributed by atoms with E-state index in [2.05, 4.69) is 22.1 Å². The van der Waals surface area contributed by atoms with Gasteiger partial charge >= 0.3 is 0 Å². The Kier molecular flexibility index (Phi) is 5.63. The van der Waals surface area contributed by atoms with Crippen LogP contribution in [0.25, 0.3) is 34.1 Å². The van der Waals surface area contributed by atoms with Crippen LogP contribution in [0.1, 0.15) is 26.2 Å². The molecule has 6 heteroatoms. The summed E-state index contributed by atoms with van der Waals surface area (Å²) in [5.41, 5.74) is 3.06. The van der Waals surface area contributed by atoms with Gasteiger partial charge in [-0.15, -0.1) is 0 Å². The molecule has 0 amide bonds. The van der Waals surface area contributed by atoms with Gasteiger partial charge in [0, 0.05) is 23.7 Å². The number of fused-ring (bicyclic) bond motifs is 1. The van der Waals surface area contributed by atoms with Crippen LogP contribution in [-0.2, 0) is 0 Å². The predicted molar refractivity (Wildman–Crippen MR) is 124 cm³/mol. The maximum absolute atomic E-state index is 6.14. The van der Waals surface area contributed by atoms with Crippen LogP contribution in [-0.4, -0.2) is 45.5 Å². The second-order valence-corrected chi connectivity index (χ2v) is 8.13. The van der Waals surface area contributed by atoms with Crippen LogP contribution >= 0.6 is 0 Å². The van der Waals surface area contributed by atoms with Gasteiger partial charge in [-0.3, -0.25) is 4.90 Å². The largest absolute Gasteiger partial charge is 0.430 e. The number of nitrogens with one attached hydrogen (secondary N) is 1. The monoisotopic (exact) mass is 413 g/mol. The lowest BCUT2D eigenvalue weighted by Gasteiger charge is -2.32. The first-order chi connectivity index (χ1) is 15.3. The number of oxazole rings is 1. The molecule has 1 unspecified atom stereocenters. The van der Waals surface area contributed by atoms with E-state index in [4.69, 9.17) is 14.4 Å². The van der Waals surface area contributed by atoms with Crippen molar-refractivity contribution in [2.45, 2.75) is 32.2 Å². The SMILES string of the molecule is CC(CNc1nc(-c2ccccc2)nc2nc(-c3ccccc3)oc12)N1CCCCC1. The molecule has 5 rings (SSSR count). The molecular formula is C25H27N5O. The first kappa shape index (κ1) is 19.7. The van der Waals surface area contributed by atoms with Gasteiger partial charge in [0.15, 0.2) is 11.6 Å². The number of anilines is 1. The fourth-order valence-corrected chi connectivity index (χ4v) is 4.10. The second kappa shape index (κ2) is 8.86. The minimum Gasteiger partial charge on any atom is -0.430 e. The first-order valence-electron chi connectivity index (χ1n) is 11.1. The van der Waals surface area contributed by atoms with Crippen molar-refractivity contribution >= 4 is 17.0 Å². The zero-order chi connectivity index (χ0) is 21.0. The molecule has 0 aliphatic carbocycles. The van der Waals surface area contributed by atoms with Crippen LogP contribution < -0.4 is 5.32 Å². The molecule has 1 saturated heterocycles. The van der Waals surface area contributed by atoms with E-state index >= 15 is 0 Å². The summed E-state index contributed by atoms with van der Waals surface area (Å²) in [4.78, 5) is 16.7. The fraction of sp³-hybridized carbons (Fsp3) is 0.320. The number of aromatic nitrogens is 3. The number of nitrogens with zero attached hydrogens (tertiary/aromatic N) is 4. The summed E-state index contributed by atoms with van der Waals surface area (Å²) in [7, 11) is 0. The second-order valence-electron chi connectivity index (χ2n) is 8.13. The highest BCUT2D eigenvalue weighted by Crippen LogP contribution is 2.29. The molecule has 4 aromatic rings. The first-order valence-corrected chi connectivity index (χ1v) is 11.1. The highest BCUT2D eigenvalue weighted by Gasteiger charge is 2.20. The van der Waals surface area contributed by atoms with Crippen LogP contribution in [0, 0.1) is 0 Å². The maximum Gasteiger partial charge on any atom is 0.229 e. The Morgan fingerprint density at radius 1 is 0.871 bits per heavy atom. The van der Waals surface area contributed by atoms with E-state index in [1.165, 1.54) is 19.3 Å². The molecule has 0 saturated carbocycles. The van der Waals surface area contributed by atoms with Gasteiger partial charge < -0.3 is 9.73 Å². The highest BCUT2D eigenvalue weighted by molar-refractivity contribution is 5.84. The minimum absolute atomic E-state index is 0.419. The van der Waals surface area contributed by atoms with E-state index in [1.54, 1.807) is 0 Å². The quantitative estimate of drug-likeness (QED) is 0.466. The molecule has 1 atom stereocenters. The Balaban J connectivity index is 1.50. The molecule has 2 aromatic heterocycles. The summed E-state index contributed by atoms with van der Waals surface area (Å²) in [6.07, 6.45) is 3.90. The third kappa shape index (κ3) is 4.30. The van der Waals surface area contributed by atoms with E-state index in [0.29, 0.717) is 34.8 Å². The van der Waals surface area contributed by atoms with Gasteiger partial charge in [0.1, 0.15) is 0 Å². The van der Waals surface area contributed by atoms with Gasteiger partial charge in [0.25, 0.3) is 0 Å². The van der Waals surface area contributed by atoms with Crippen molar-refractivity contribution in [2.75, 3.05) is 25.0 Å². The van der Waals surface area contributed by atoms with Gasteiger partial charge in [-0.25, -0.2) is 9.97 Å². The zero-order valence-electron chi connectivity index (χ0n) is 17.8. The Morgan fingerprint density at radius 2 is 1.55 bits per heavy atom. The minimum atomic E-state index is 0.419. The van der Waals surface area contributed by atoms with E-state index in [0.717, 1.165) is 30.8 Å². The summed E-state index contributed by atoms with van der Waals surface area (Å²) < 4.78 is 6.14. The molecule has 1 aliphatic rings. The van der Waals surface area contributed by atoms with Gasteiger partial charge in [0.05, 0.1) is 0 Å². The van der Waals surface area contributed by atoms with Crippen molar-refractivity contribution in [1.82, 2.24) is 19.9 Å². The molecule has 3 heterocycles. The van der Waals surface area contributed by atoms with E-state index in [-0.39, 0.29) is 0 Å². The van der Waals surface area contributed by atoms with Gasteiger partial charge in [-0.2, -0.15) is 4.98 Å².